The van der Waals surface area contributed by atoms with Gasteiger partial charge in [-0.1, -0.05) is 6.07 Å². The van der Waals surface area contributed by atoms with Crippen molar-refractivity contribution in [3.8, 4) is 11.5 Å². The van der Waals surface area contributed by atoms with Crippen molar-refractivity contribution in [2.45, 2.75) is 0 Å². The SMILES string of the molecule is COc1cc2c(Nc3cccc(N)c3)ncnc2cc1O. The van der Waals surface area contributed by atoms with Crippen molar-refractivity contribution < 1.29 is 9.84 Å². The van der Waals surface area contributed by atoms with Gasteiger partial charge < -0.3 is 20.9 Å². The second kappa shape index (κ2) is 5.16. The summed E-state index contributed by atoms with van der Waals surface area (Å²) in [5.41, 5.74) is 7.87. The molecule has 0 aliphatic rings. The van der Waals surface area contributed by atoms with Crippen molar-refractivity contribution in [2.75, 3.05) is 18.2 Å². The van der Waals surface area contributed by atoms with Crippen LogP contribution in [0.3, 0.4) is 0 Å². The van der Waals surface area contributed by atoms with Crippen LogP contribution in [-0.2, 0) is 0 Å². The molecule has 0 saturated heterocycles. The fraction of sp³-hybridized carbons (Fsp3) is 0.0667. The smallest absolute Gasteiger partial charge is 0.161 e. The first-order chi connectivity index (χ1) is 10.2. The van der Waals surface area contributed by atoms with Gasteiger partial charge in [0.2, 0.25) is 0 Å². The number of rotatable bonds is 3. The predicted octanol–water partition coefficient (Wildman–Crippen LogP) is 2.67. The highest BCUT2D eigenvalue weighted by Gasteiger charge is 2.09. The molecule has 0 saturated carbocycles. The van der Waals surface area contributed by atoms with Crippen molar-refractivity contribution in [1.29, 1.82) is 0 Å². The van der Waals surface area contributed by atoms with E-state index in [0.29, 0.717) is 22.8 Å². The lowest BCUT2D eigenvalue weighted by Gasteiger charge is -2.10. The number of nitrogen functional groups attached to an aromatic ring is 1. The molecule has 0 atom stereocenters. The van der Waals surface area contributed by atoms with E-state index in [1.165, 1.54) is 13.4 Å². The number of phenolic OH excluding ortho intramolecular Hbond substituents is 1. The Morgan fingerprint density at radius 3 is 2.81 bits per heavy atom. The molecule has 0 bridgehead atoms. The number of aromatic nitrogens is 2. The number of ether oxygens (including phenoxy) is 1. The summed E-state index contributed by atoms with van der Waals surface area (Å²) in [6.07, 6.45) is 1.43. The van der Waals surface area contributed by atoms with E-state index in [9.17, 15) is 5.11 Å². The summed E-state index contributed by atoms with van der Waals surface area (Å²) in [4.78, 5) is 8.38. The maximum absolute atomic E-state index is 9.80. The van der Waals surface area contributed by atoms with E-state index in [-0.39, 0.29) is 5.75 Å². The standard InChI is InChI=1S/C15H14N4O2/c1-21-14-6-11-12(7-13(14)20)17-8-18-15(11)19-10-4-2-3-9(16)5-10/h2-8,20H,16H2,1H3,(H,17,18,19). The van der Waals surface area contributed by atoms with Crippen LogP contribution in [-0.4, -0.2) is 22.2 Å². The second-order valence-electron chi connectivity index (χ2n) is 4.51. The summed E-state index contributed by atoms with van der Waals surface area (Å²) >= 11 is 0. The largest absolute Gasteiger partial charge is 0.504 e. The van der Waals surface area contributed by atoms with E-state index in [1.54, 1.807) is 12.1 Å². The molecule has 0 fully saturated rings. The number of nitrogens with two attached hydrogens (primary N) is 1. The molecule has 1 aromatic heterocycles. The molecule has 6 heteroatoms. The zero-order valence-corrected chi connectivity index (χ0v) is 11.4. The summed E-state index contributed by atoms with van der Waals surface area (Å²) in [7, 11) is 1.50. The molecule has 0 aliphatic heterocycles. The van der Waals surface area contributed by atoms with Crippen molar-refractivity contribution in [2.24, 2.45) is 0 Å². The average molecular weight is 282 g/mol. The van der Waals surface area contributed by atoms with Gasteiger partial charge in [-0.2, -0.15) is 0 Å². The van der Waals surface area contributed by atoms with E-state index in [2.05, 4.69) is 15.3 Å². The lowest BCUT2D eigenvalue weighted by molar-refractivity contribution is 0.374. The summed E-state index contributed by atoms with van der Waals surface area (Å²) < 4.78 is 5.12. The Hall–Kier alpha value is -3.02. The fourth-order valence-electron chi connectivity index (χ4n) is 2.09. The van der Waals surface area contributed by atoms with Gasteiger partial charge in [0.25, 0.3) is 0 Å². The van der Waals surface area contributed by atoms with E-state index in [0.717, 1.165) is 11.1 Å². The highest BCUT2D eigenvalue weighted by atomic mass is 16.5. The van der Waals surface area contributed by atoms with Crippen molar-refractivity contribution >= 4 is 28.1 Å². The normalized spacial score (nSPS) is 10.5. The second-order valence-corrected chi connectivity index (χ2v) is 4.51. The van der Waals surface area contributed by atoms with Crippen LogP contribution < -0.4 is 15.8 Å². The Balaban J connectivity index is 2.09. The minimum absolute atomic E-state index is 0.0404. The number of benzene rings is 2. The number of phenols is 1. The highest BCUT2D eigenvalue weighted by molar-refractivity contribution is 5.93. The lowest BCUT2D eigenvalue weighted by atomic mass is 10.2. The van der Waals surface area contributed by atoms with Crippen LogP contribution in [0.1, 0.15) is 0 Å². The van der Waals surface area contributed by atoms with Gasteiger partial charge in [0, 0.05) is 22.8 Å². The number of anilines is 3. The molecule has 0 unspecified atom stereocenters. The van der Waals surface area contributed by atoms with Crippen LogP contribution >= 0.6 is 0 Å². The Labute approximate surface area is 121 Å². The molecule has 3 aromatic rings. The van der Waals surface area contributed by atoms with Crippen LogP contribution in [0, 0.1) is 0 Å². The number of nitrogens with one attached hydrogen (secondary N) is 1. The molecule has 6 nitrogen and oxygen atoms in total. The van der Waals surface area contributed by atoms with E-state index >= 15 is 0 Å². The minimum atomic E-state index is 0.0404. The Morgan fingerprint density at radius 1 is 1.19 bits per heavy atom. The van der Waals surface area contributed by atoms with Gasteiger partial charge in [0.05, 0.1) is 12.6 Å². The number of nitrogens with zero attached hydrogens (tertiary/aromatic N) is 2. The minimum Gasteiger partial charge on any atom is -0.504 e. The summed E-state index contributed by atoms with van der Waals surface area (Å²) in [5, 5.41) is 13.7. The number of methoxy groups -OCH3 is 1. The Morgan fingerprint density at radius 2 is 2.05 bits per heavy atom. The van der Waals surface area contributed by atoms with Crippen LogP contribution in [0.2, 0.25) is 0 Å². The monoisotopic (exact) mass is 282 g/mol. The molecule has 106 valence electrons. The van der Waals surface area contributed by atoms with Gasteiger partial charge >= 0.3 is 0 Å². The average Bonchev–Trinajstić information content (AvgIpc) is 2.47. The third-order valence-electron chi connectivity index (χ3n) is 3.09. The van der Waals surface area contributed by atoms with Gasteiger partial charge in [-0.15, -0.1) is 0 Å². The highest BCUT2D eigenvalue weighted by Crippen LogP contribution is 2.33. The number of hydrogen-bond donors (Lipinski definition) is 3. The quantitative estimate of drug-likeness (QED) is 0.639. The van der Waals surface area contributed by atoms with Crippen LogP contribution in [0.15, 0.2) is 42.7 Å². The first-order valence-corrected chi connectivity index (χ1v) is 6.31. The third kappa shape index (κ3) is 2.51. The number of aromatic hydroxyl groups is 1. The van der Waals surface area contributed by atoms with Gasteiger partial charge in [-0.05, 0) is 24.3 Å². The number of hydrogen-bond acceptors (Lipinski definition) is 6. The fourth-order valence-corrected chi connectivity index (χ4v) is 2.09. The number of fused-ring (bicyclic) bond motifs is 1. The van der Waals surface area contributed by atoms with Gasteiger partial charge in [-0.3, -0.25) is 0 Å². The van der Waals surface area contributed by atoms with Crippen LogP contribution in [0.4, 0.5) is 17.2 Å². The third-order valence-corrected chi connectivity index (χ3v) is 3.09. The molecule has 2 aromatic carbocycles. The van der Waals surface area contributed by atoms with Crippen LogP contribution in [0.25, 0.3) is 10.9 Å². The van der Waals surface area contributed by atoms with Crippen molar-refractivity contribution in [3.05, 3.63) is 42.7 Å². The first-order valence-electron chi connectivity index (χ1n) is 6.31. The molecular formula is C15H14N4O2. The van der Waals surface area contributed by atoms with E-state index in [1.807, 2.05) is 24.3 Å². The maximum Gasteiger partial charge on any atom is 0.161 e. The molecule has 0 spiro atoms. The Bertz CT molecular complexity index is 805. The van der Waals surface area contributed by atoms with Crippen LogP contribution in [0.5, 0.6) is 11.5 Å². The predicted molar refractivity (Wildman–Crippen MR) is 81.9 cm³/mol. The Kier molecular flexibility index (Phi) is 3.19. The molecule has 0 amide bonds. The summed E-state index contributed by atoms with van der Waals surface area (Å²) in [6.45, 7) is 0. The first kappa shape index (κ1) is 13.0. The van der Waals surface area contributed by atoms with Gasteiger partial charge in [-0.25, -0.2) is 9.97 Å². The topological polar surface area (TPSA) is 93.3 Å². The van der Waals surface area contributed by atoms with E-state index in [4.69, 9.17) is 10.5 Å². The molecule has 4 N–H and O–H groups in total. The van der Waals surface area contributed by atoms with Crippen molar-refractivity contribution in [3.63, 3.8) is 0 Å². The van der Waals surface area contributed by atoms with Gasteiger partial charge in [0.15, 0.2) is 11.5 Å². The van der Waals surface area contributed by atoms with Crippen molar-refractivity contribution in [1.82, 2.24) is 9.97 Å². The van der Waals surface area contributed by atoms with E-state index < -0.39 is 0 Å². The van der Waals surface area contributed by atoms with Gasteiger partial charge in [0.1, 0.15) is 12.1 Å². The molecule has 1 heterocycles. The summed E-state index contributed by atoms with van der Waals surface area (Å²) in [5.74, 6) is 1.02. The molecule has 0 radical (unpaired) electrons. The lowest BCUT2D eigenvalue weighted by Crippen LogP contribution is -1.97. The molecule has 0 aliphatic carbocycles. The maximum atomic E-state index is 9.80. The zero-order chi connectivity index (χ0) is 14.8. The summed E-state index contributed by atoms with van der Waals surface area (Å²) in [6, 6.07) is 10.6. The molecule has 21 heavy (non-hydrogen) atoms. The molecular weight excluding hydrogens is 268 g/mol. The zero-order valence-electron chi connectivity index (χ0n) is 11.4. The molecule has 3 rings (SSSR count).